The van der Waals surface area contributed by atoms with Crippen LogP contribution in [0.2, 0.25) is 0 Å². The Balaban J connectivity index is 1.73. The van der Waals surface area contributed by atoms with Gasteiger partial charge in [0.25, 0.3) is 5.56 Å². The van der Waals surface area contributed by atoms with Crippen LogP contribution >= 0.6 is 0 Å². The highest BCUT2D eigenvalue weighted by atomic mass is 16.1. The highest BCUT2D eigenvalue weighted by molar-refractivity contribution is 5.83. The van der Waals surface area contributed by atoms with Crippen LogP contribution in [-0.2, 0) is 13.5 Å². The molecule has 20 heavy (non-hydrogen) atoms. The minimum absolute atomic E-state index is 0.0819. The molecule has 0 fully saturated rings. The third-order valence-electron chi connectivity index (χ3n) is 3.06. The van der Waals surface area contributed by atoms with Gasteiger partial charge in [0.05, 0.1) is 0 Å². The van der Waals surface area contributed by atoms with Gasteiger partial charge in [0.2, 0.25) is 0 Å². The number of rotatable bonds is 4. The maximum atomic E-state index is 11.9. The van der Waals surface area contributed by atoms with Gasteiger partial charge in [-0.2, -0.15) is 5.10 Å². The lowest BCUT2D eigenvalue weighted by atomic mass is 10.2. The van der Waals surface area contributed by atoms with Crippen LogP contribution in [0.4, 0.5) is 5.82 Å². The Morgan fingerprint density at radius 3 is 3.00 bits per heavy atom. The number of hydrogen-bond donors (Lipinski definition) is 2. The number of aromatic amines is 1. The minimum atomic E-state index is -0.0819. The summed E-state index contributed by atoms with van der Waals surface area (Å²) in [5.74, 6) is 1.49. The van der Waals surface area contributed by atoms with Gasteiger partial charge in [-0.05, 0) is 17.5 Å². The van der Waals surface area contributed by atoms with Gasteiger partial charge < -0.3 is 10.3 Å². The number of benzene rings is 1. The summed E-state index contributed by atoms with van der Waals surface area (Å²) in [7, 11) is 1.84. The van der Waals surface area contributed by atoms with E-state index < -0.39 is 0 Å². The number of fused-ring (bicyclic) bond motifs is 1. The second-order valence-corrected chi connectivity index (χ2v) is 4.61. The van der Waals surface area contributed by atoms with Crippen molar-refractivity contribution < 1.29 is 0 Å². The molecular formula is C14H15N5O. The highest BCUT2D eigenvalue weighted by Crippen LogP contribution is 2.12. The van der Waals surface area contributed by atoms with Crippen LogP contribution in [0.1, 0.15) is 5.82 Å². The molecule has 0 saturated carbocycles. The Hall–Kier alpha value is -2.63. The molecule has 0 saturated heterocycles. The zero-order valence-corrected chi connectivity index (χ0v) is 11.1. The van der Waals surface area contributed by atoms with E-state index in [0.717, 1.165) is 11.2 Å². The van der Waals surface area contributed by atoms with Gasteiger partial charge in [-0.1, -0.05) is 18.2 Å². The number of hydrogen-bond acceptors (Lipinski definition) is 4. The number of nitrogens with one attached hydrogen (secondary N) is 2. The first-order valence-corrected chi connectivity index (χ1v) is 6.43. The molecule has 6 heteroatoms. The van der Waals surface area contributed by atoms with E-state index in [9.17, 15) is 4.79 Å². The molecule has 0 aliphatic heterocycles. The Bertz CT molecular complexity index is 789. The fourth-order valence-corrected chi connectivity index (χ4v) is 2.11. The van der Waals surface area contributed by atoms with Crippen molar-refractivity contribution in [1.82, 2.24) is 19.7 Å². The number of H-pyrrole nitrogens is 1. The van der Waals surface area contributed by atoms with Crippen LogP contribution in [0.15, 0.2) is 41.5 Å². The zero-order chi connectivity index (χ0) is 13.9. The zero-order valence-electron chi connectivity index (χ0n) is 11.1. The van der Waals surface area contributed by atoms with Gasteiger partial charge in [0.1, 0.15) is 12.1 Å². The number of pyridine rings is 1. The van der Waals surface area contributed by atoms with Crippen molar-refractivity contribution in [2.75, 3.05) is 11.9 Å². The third kappa shape index (κ3) is 2.54. The maximum absolute atomic E-state index is 11.9. The van der Waals surface area contributed by atoms with E-state index in [1.807, 2.05) is 37.4 Å². The molecule has 0 bridgehead atoms. The number of aromatic nitrogens is 4. The summed E-state index contributed by atoms with van der Waals surface area (Å²) < 4.78 is 1.67. The van der Waals surface area contributed by atoms with Gasteiger partial charge in [-0.3, -0.25) is 9.48 Å². The lowest BCUT2D eigenvalue weighted by Gasteiger charge is -2.06. The Morgan fingerprint density at radius 2 is 2.20 bits per heavy atom. The maximum Gasteiger partial charge on any atom is 0.257 e. The van der Waals surface area contributed by atoms with E-state index in [4.69, 9.17) is 0 Å². The fourth-order valence-electron chi connectivity index (χ4n) is 2.11. The summed E-state index contributed by atoms with van der Waals surface area (Å²) in [5.41, 5.74) is -0.0819. The first-order valence-electron chi connectivity index (χ1n) is 6.43. The van der Waals surface area contributed by atoms with Crippen LogP contribution in [0.5, 0.6) is 0 Å². The molecule has 102 valence electrons. The average Bonchev–Trinajstić information content (AvgIpc) is 2.85. The van der Waals surface area contributed by atoms with E-state index in [1.165, 1.54) is 0 Å². The van der Waals surface area contributed by atoms with Crippen LogP contribution in [0.25, 0.3) is 10.8 Å². The summed E-state index contributed by atoms with van der Waals surface area (Å²) in [6, 6.07) is 9.45. The molecule has 0 atom stereocenters. The molecular weight excluding hydrogens is 254 g/mol. The second-order valence-electron chi connectivity index (χ2n) is 4.61. The minimum Gasteiger partial charge on any atom is -0.371 e. The van der Waals surface area contributed by atoms with Crippen molar-refractivity contribution in [1.29, 1.82) is 0 Å². The molecule has 2 heterocycles. The van der Waals surface area contributed by atoms with Gasteiger partial charge in [-0.25, -0.2) is 4.98 Å². The van der Waals surface area contributed by atoms with Gasteiger partial charge in [0.15, 0.2) is 5.82 Å². The van der Waals surface area contributed by atoms with Crippen LogP contribution in [-0.4, -0.2) is 26.3 Å². The molecule has 0 amide bonds. The normalized spacial score (nSPS) is 10.8. The first-order chi connectivity index (χ1) is 9.72. The van der Waals surface area contributed by atoms with Gasteiger partial charge in [0, 0.05) is 25.4 Å². The van der Waals surface area contributed by atoms with Gasteiger partial charge >= 0.3 is 0 Å². The van der Waals surface area contributed by atoms with Crippen LogP contribution in [0.3, 0.4) is 0 Å². The van der Waals surface area contributed by atoms with E-state index in [1.54, 1.807) is 11.0 Å². The quantitative estimate of drug-likeness (QED) is 0.749. The van der Waals surface area contributed by atoms with Crippen molar-refractivity contribution in [3.63, 3.8) is 0 Å². The van der Waals surface area contributed by atoms with E-state index in [-0.39, 0.29) is 5.56 Å². The molecule has 1 aromatic carbocycles. The summed E-state index contributed by atoms with van der Waals surface area (Å²) in [5, 5.41) is 9.02. The summed E-state index contributed by atoms with van der Waals surface area (Å²) in [4.78, 5) is 18.9. The molecule has 0 aliphatic rings. The lowest BCUT2D eigenvalue weighted by molar-refractivity contribution is 0.742. The molecule has 0 spiro atoms. The Morgan fingerprint density at radius 1 is 1.35 bits per heavy atom. The smallest absolute Gasteiger partial charge is 0.257 e. The van der Waals surface area contributed by atoms with Crippen molar-refractivity contribution in [3.05, 3.63) is 52.8 Å². The average molecular weight is 269 g/mol. The number of aryl methyl sites for hydroxylation is 1. The SMILES string of the molecule is Cn1cnc(CCNc2cc3ccccc3c(=O)[nH]2)n1. The molecule has 0 aliphatic carbocycles. The molecule has 0 radical (unpaired) electrons. The Labute approximate surface area is 115 Å². The summed E-state index contributed by atoms with van der Waals surface area (Å²) >= 11 is 0. The largest absolute Gasteiger partial charge is 0.371 e. The standard InChI is InChI=1S/C14H15N5O/c1-19-9-16-12(18-19)6-7-15-13-8-10-4-2-3-5-11(10)14(20)17-13/h2-5,8-9H,6-7H2,1H3,(H2,15,17,20). The van der Waals surface area contributed by atoms with Crippen molar-refractivity contribution in [2.45, 2.75) is 6.42 Å². The lowest BCUT2D eigenvalue weighted by Crippen LogP contribution is -2.13. The first kappa shape index (κ1) is 12.4. The molecule has 2 aromatic heterocycles. The van der Waals surface area contributed by atoms with Crippen LogP contribution in [0, 0.1) is 0 Å². The monoisotopic (exact) mass is 269 g/mol. The van der Waals surface area contributed by atoms with E-state index >= 15 is 0 Å². The number of anilines is 1. The molecule has 3 aromatic rings. The van der Waals surface area contributed by atoms with Crippen molar-refractivity contribution >= 4 is 16.6 Å². The van der Waals surface area contributed by atoms with E-state index in [2.05, 4.69) is 20.4 Å². The number of nitrogens with zero attached hydrogens (tertiary/aromatic N) is 3. The molecule has 0 unspecified atom stereocenters. The molecule has 2 N–H and O–H groups in total. The Kier molecular flexibility index (Phi) is 3.20. The third-order valence-corrected chi connectivity index (χ3v) is 3.06. The summed E-state index contributed by atoms with van der Waals surface area (Å²) in [6.45, 7) is 0.665. The summed E-state index contributed by atoms with van der Waals surface area (Å²) in [6.07, 6.45) is 2.38. The van der Waals surface area contributed by atoms with Crippen molar-refractivity contribution in [2.24, 2.45) is 7.05 Å². The van der Waals surface area contributed by atoms with Crippen LogP contribution < -0.4 is 10.9 Å². The second kappa shape index (κ2) is 5.16. The van der Waals surface area contributed by atoms with Gasteiger partial charge in [-0.15, -0.1) is 0 Å². The molecule has 3 rings (SSSR count). The topological polar surface area (TPSA) is 75.6 Å². The predicted molar refractivity (Wildman–Crippen MR) is 77.8 cm³/mol. The highest BCUT2D eigenvalue weighted by Gasteiger charge is 2.02. The van der Waals surface area contributed by atoms with E-state index in [0.29, 0.717) is 24.2 Å². The van der Waals surface area contributed by atoms with Crippen molar-refractivity contribution in [3.8, 4) is 0 Å². The molecule has 6 nitrogen and oxygen atoms in total. The predicted octanol–water partition coefficient (Wildman–Crippen LogP) is 1.31. The fraction of sp³-hybridized carbons (Fsp3) is 0.214.